The van der Waals surface area contributed by atoms with Gasteiger partial charge in [-0.2, -0.15) is 0 Å². The lowest BCUT2D eigenvalue weighted by molar-refractivity contribution is 0.0911. The summed E-state index contributed by atoms with van der Waals surface area (Å²) in [7, 11) is 0. The average molecular weight is 274 g/mol. The summed E-state index contributed by atoms with van der Waals surface area (Å²) in [5.41, 5.74) is 8.33. The van der Waals surface area contributed by atoms with Crippen LogP contribution in [0.5, 0.6) is 0 Å². The monoisotopic (exact) mass is 274 g/mol. The molecule has 112 valence electrons. The van der Waals surface area contributed by atoms with Gasteiger partial charge in [-0.05, 0) is 44.2 Å². The molecule has 0 radical (unpaired) electrons. The van der Waals surface area contributed by atoms with Crippen LogP contribution >= 0.6 is 0 Å². The lowest BCUT2D eigenvalue weighted by atomic mass is 9.83. The lowest BCUT2D eigenvalue weighted by Gasteiger charge is -2.40. The molecular weight excluding hydrogens is 244 g/mol. The van der Waals surface area contributed by atoms with E-state index in [0.29, 0.717) is 6.04 Å². The van der Waals surface area contributed by atoms with Crippen LogP contribution in [-0.4, -0.2) is 17.0 Å². The predicted molar refractivity (Wildman–Crippen MR) is 87.6 cm³/mol. The van der Waals surface area contributed by atoms with Gasteiger partial charge in [-0.15, -0.1) is 0 Å². The number of nitrogen functional groups attached to an aromatic ring is 1. The number of nitrogens with zero attached hydrogens (tertiary/aromatic N) is 1. The van der Waals surface area contributed by atoms with Crippen molar-refractivity contribution in [1.82, 2.24) is 4.90 Å². The lowest BCUT2D eigenvalue weighted by Crippen LogP contribution is -2.42. The molecule has 1 saturated carbocycles. The summed E-state index contributed by atoms with van der Waals surface area (Å²) in [5, 5.41) is 0. The van der Waals surface area contributed by atoms with Crippen molar-refractivity contribution in [1.29, 1.82) is 0 Å². The van der Waals surface area contributed by atoms with Crippen LogP contribution in [0.25, 0.3) is 0 Å². The van der Waals surface area contributed by atoms with Crippen molar-refractivity contribution in [2.45, 2.75) is 71.5 Å². The average Bonchev–Trinajstić information content (AvgIpc) is 2.46. The fraction of sp³-hybridized carbons (Fsp3) is 0.667. The molecule has 1 aromatic carbocycles. The summed E-state index contributed by atoms with van der Waals surface area (Å²) in [6.07, 6.45) is 6.85. The Morgan fingerprint density at radius 3 is 2.65 bits per heavy atom. The second-order valence-corrected chi connectivity index (χ2v) is 6.56. The highest BCUT2D eigenvalue weighted by molar-refractivity contribution is 5.46. The summed E-state index contributed by atoms with van der Waals surface area (Å²) in [6.45, 7) is 7.96. The van der Waals surface area contributed by atoms with Crippen LogP contribution in [0.3, 0.4) is 0 Å². The van der Waals surface area contributed by atoms with E-state index >= 15 is 0 Å². The Labute approximate surface area is 124 Å². The zero-order valence-corrected chi connectivity index (χ0v) is 13.3. The number of hydrogen-bond acceptors (Lipinski definition) is 2. The van der Waals surface area contributed by atoms with E-state index in [2.05, 4.69) is 37.8 Å². The minimum absolute atomic E-state index is 0.579. The fourth-order valence-corrected chi connectivity index (χ4v) is 3.54. The second-order valence-electron chi connectivity index (χ2n) is 6.56. The van der Waals surface area contributed by atoms with Crippen LogP contribution in [0.15, 0.2) is 24.3 Å². The van der Waals surface area contributed by atoms with Crippen molar-refractivity contribution >= 4 is 5.69 Å². The minimum Gasteiger partial charge on any atom is -0.398 e. The summed E-state index contributed by atoms with van der Waals surface area (Å²) in [6, 6.07) is 9.61. The number of hydrogen-bond donors (Lipinski definition) is 1. The van der Waals surface area contributed by atoms with E-state index in [0.717, 1.165) is 24.2 Å². The third-order valence-electron chi connectivity index (χ3n) is 4.87. The molecule has 0 aliphatic heterocycles. The Bertz CT molecular complexity index is 414. The summed E-state index contributed by atoms with van der Waals surface area (Å²) in [5.74, 6) is 0.920. The maximum atomic E-state index is 6.13. The highest BCUT2D eigenvalue weighted by Gasteiger charge is 2.27. The molecule has 1 aromatic rings. The van der Waals surface area contributed by atoms with E-state index in [1.807, 2.05) is 12.1 Å². The van der Waals surface area contributed by atoms with Gasteiger partial charge in [0.2, 0.25) is 0 Å². The second kappa shape index (κ2) is 7.12. The van der Waals surface area contributed by atoms with E-state index < -0.39 is 0 Å². The Balaban J connectivity index is 2.09. The quantitative estimate of drug-likeness (QED) is 0.804. The van der Waals surface area contributed by atoms with E-state index in [1.165, 1.54) is 37.7 Å². The molecule has 1 fully saturated rings. The molecule has 2 rings (SSSR count). The molecule has 2 nitrogen and oxygen atoms in total. The first-order chi connectivity index (χ1) is 9.61. The SMILES string of the molecule is CCC1CCCC(N(Cc2ccccc2N)C(C)C)C1. The van der Waals surface area contributed by atoms with Gasteiger partial charge >= 0.3 is 0 Å². The van der Waals surface area contributed by atoms with Crippen molar-refractivity contribution in [3.63, 3.8) is 0 Å². The van der Waals surface area contributed by atoms with Gasteiger partial charge in [0.1, 0.15) is 0 Å². The van der Waals surface area contributed by atoms with Crippen molar-refractivity contribution in [3.05, 3.63) is 29.8 Å². The zero-order valence-electron chi connectivity index (χ0n) is 13.3. The highest BCUT2D eigenvalue weighted by Crippen LogP contribution is 2.32. The normalized spacial score (nSPS) is 23.4. The third-order valence-corrected chi connectivity index (χ3v) is 4.87. The number of anilines is 1. The molecule has 1 aliphatic carbocycles. The molecule has 0 spiro atoms. The van der Waals surface area contributed by atoms with Gasteiger partial charge in [-0.25, -0.2) is 0 Å². The Kier molecular flexibility index (Phi) is 5.47. The summed E-state index contributed by atoms with van der Waals surface area (Å²) < 4.78 is 0. The van der Waals surface area contributed by atoms with E-state index in [1.54, 1.807) is 0 Å². The van der Waals surface area contributed by atoms with Crippen molar-refractivity contribution in [2.75, 3.05) is 5.73 Å². The molecule has 2 heteroatoms. The van der Waals surface area contributed by atoms with Crippen LogP contribution < -0.4 is 5.73 Å². The Morgan fingerprint density at radius 2 is 2.00 bits per heavy atom. The standard InChI is InChI=1S/C18H30N2/c1-4-15-8-7-10-17(12-15)20(14(2)3)13-16-9-5-6-11-18(16)19/h5-6,9,11,14-15,17H,4,7-8,10,12-13,19H2,1-3H3. The number of nitrogens with two attached hydrogens (primary N) is 1. The van der Waals surface area contributed by atoms with Gasteiger partial charge in [-0.3, -0.25) is 4.90 Å². The summed E-state index contributed by atoms with van der Waals surface area (Å²) in [4.78, 5) is 2.66. The molecule has 0 amide bonds. The van der Waals surface area contributed by atoms with Crippen LogP contribution in [0, 0.1) is 5.92 Å². The molecule has 2 unspecified atom stereocenters. The molecule has 0 aromatic heterocycles. The number of rotatable bonds is 5. The van der Waals surface area contributed by atoms with Crippen LogP contribution in [0.1, 0.15) is 58.4 Å². The van der Waals surface area contributed by atoms with Gasteiger partial charge in [0.25, 0.3) is 0 Å². The smallest absolute Gasteiger partial charge is 0.0359 e. The van der Waals surface area contributed by atoms with E-state index in [4.69, 9.17) is 5.73 Å². The predicted octanol–water partition coefficient (Wildman–Crippen LogP) is 4.45. The molecule has 1 aliphatic rings. The van der Waals surface area contributed by atoms with Crippen LogP contribution in [0.4, 0.5) is 5.69 Å². The Hall–Kier alpha value is -1.02. The van der Waals surface area contributed by atoms with Gasteiger partial charge in [0.15, 0.2) is 0 Å². The molecule has 0 bridgehead atoms. The first kappa shape index (κ1) is 15.4. The summed E-state index contributed by atoms with van der Waals surface area (Å²) >= 11 is 0. The molecule has 0 saturated heterocycles. The first-order valence-electron chi connectivity index (χ1n) is 8.21. The Morgan fingerprint density at radius 1 is 1.25 bits per heavy atom. The van der Waals surface area contributed by atoms with Crippen molar-refractivity contribution in [2.24, 2.45) is 5.92 Å². The molecular formula is C18H30N2. The van der Waals surface area contributed by atoms with E-state index in [-0.39, 0.29) is 0 Å². The maximum Gasteiger partial charge on any atom is 0.0359 e. The highest BCUT2D eigenvalue weighted by atomic mass is 15.2. The van der Waals surface area contributed by atoms with Gasteiger partial charge in [0.05, 0.1) is 0 Å². The molecule has 20 heavy (non-hydrogen) atoms. The largest absolute Gasteiger partial charge is 0.398 e. The van der Waals surface area contributed by atoms with Gasteiger partial charge in [0, 0.05) is 24.3 Å². The van der Waals surface area contributed by atoms with E-state index in [9.17, 15) is 0 Å². The van der Waals surface area contributed by atoms with Crippen LogP contribution in [-0.2, 0) is 6.54 Å². The van der Waals surface area contributed by atoms with Crippen LogP contribution in [0.2, 0.25) is 0 Å². The van der Waals surface area contributed by atoms with Gasteiger partial charge in [-0.1, -0.05) is 44.4 Å². The van der Waals surface area contributed by atoms with Crippen molar-refractivity contribution < 1.29 is 0 Å². The number of para-hydroxylation sites is 1. The third kappa shape index (κ3) is 3.76. The number of benzene rings is 1. The first-order valence-corrected chi connectivity index (χ1v) is 8.21. The van der Waals surface area contributed by atoms with Crippen molar-refractivity contribution in [3.8, 4) is 0 Å². The molecule has 2 N–H and O–H groups in total. The van der Waals surface area contributed by atoms with Gasteiger partial charge < -0.3 is 5.73 Å². The maximum absolute atomic E-state index is 6.13. The topological polar surface area (TPSA) is 29.3 Å². The zero-order chi connectivity index (χ0) is 14.5. The molecule has 0 heterocycles. The minimum atomic E-state index is 0.579. The molecule has 2 atom stereocenters. The fourth-order valence-electron chi connectivity index (χ4n) is 3.54.